The van der Waals surface area contributed by atoms with Crippen LogP contribution in [0.1, 0.15) is 10.5 Å². The molecule has 0 saturated carbocycles. The van der Waals surface area contributed by atoms with Crippen LogP contribution in [0.4, 0.5) is 16.5 Å². The van der Waals surface area contributed by atoms with Crippen molar-refractivity contribution in [3.63, 3.8) is 0 Å². The summed E-state index contributed by atoms with van der Waals surface area (Å²) in [4.78, 5) is 21.5. The summed E-state index contributed by atoms with van der Waals surface area (Å²) < 4.78 is 10.6. The summed E-state index contributed by atoms with van der Waals surface area (Å²) >= 11 is 7.49. The molecule has 0 unspecified atom stereocenters. The Labute approximate surface area is 190 Å². The largest absolute Gasteiger partial charge is 0.493 e. The van der Waals surface area contributed by atoms with Crippen molar-refractivity contribution in [2.75, 3.05) is 50.6 Å². The summed E-state index contributed by atoms with van der Waals surface area (Å²) in [5.74, 6) is 1.22. The Hall–Kier alpha value is -2.97. The first-order valence-electron chi connectivity index (χ1n) is 9.82. The van der Waals surface area contributed by atoms with Crippen molar-refractivity contribution in [3.8, 4) is 11.5 Å². The lowest BCUT2D eigenvalue weighted by Crippen LogP contribution is -2.48. The number of rotatable bonds is 6. The number of nitrogens with one attached hydrogen (secondary N) is 1. The molecule has 0 aliphatic carbocycles. The summed E-state index contributed by atoms with van der Waals surface area (Å²) in [7, 11) is 3.19. The second kappa shape index (κ2) is 9.45. The van der Waals surface area contributed by atoms with Gasteiger partial charge in [0.05, 0.1) is 14.2 Å². The number of anilines is 3. The third-order valence-electron chi connectivity index (χ3n) is 5.10. The van der Waals surface area contributed by atoms with E-state index in [4.69, 9.17) is 21.1 Å². The molecule has 0 atom stereocenters. The van der Waals surface area contributed by atoms with E-state index in [-0.39, 0.29) is 5.91 Å². The highest BCUT2D eigenvalue weighted by atomic mass is 35.5. The van der Waals surface area contributed by atoms with Gasteiger partial charge >= 0.3 is 0 Å². The Kier molecular flexibility index (Phi) is 6.48. The topological polar surface area (TPSA) is 66.9 Å². The normalized spacial score (nSPS) is 13.8. The molecule has 3 aromatic rings. The average molecular weight is 459 g/mol. The maximum Gasteiger partial charge on any atom is 0.273 e. The lowest BCUT2D eigenvalue weighted by molar-refractivity contribution is 0.0742. The molecule has 2 aromatic carbocycles. The van der Waals surface area contributed by atoms with E-state index in [0.29, 0.717) is 40.4 Å². The van der Waals surface area contributed by atoms with Crippen molar-refractivity contribution in [3.05, 3.63) is 58.6 Å². The summed E-state index contributed by atoms with van der Waals surface area (Å²) in [5.41, 5.74) is 2.33. The monoisotopic (exact) mass is 458 g/mol. The predicted octanol–water partition coefficient (Wildman–Crippen LogP) is 4.52. The van der Waals surface area contributed by atoms with Gasteiger partial charge in [-0.05, 0) is 30.3 Å². The van der Waals surface area contributed by atoms with Gasteiger partial charge in [0.1, 0.15) is 5.69 Å². The summed E-state index contributed by atoms with van der Waals surface area (Å²) in [6.07, 6.45) is 0. The predicted molar refractivity (Wildman–Crippen MR) is 125 cm³/mol. The first kappa shape index (κ1) is 21.3. The van der Waals surface area contributed by atoms with Crippen LogP contribution in [-0.2, 0) is 0 Å². The van der Waals surface area contributed by atoms with Crippen LogP contribution in [0.2, 0.25) is 5.02 Å². The van der Waals surface area contributed by atoms with Crippen LogP contribution in [-0.4, -0.2) is 56.2 Å². The molecule has 0 spiro atoms. The summed E-state index contributed by atoms with van der Waals surface area (Å²) in [6.45, 7) is 2.79. The second-order valence-electron chi connectivity index (χ2n) is 6.99. The number of aromatic nitrogens is 1. The number of nitrogens with zero attached hydrogens (tertiary/aromatic N) is 3. The molecule has 1 amide bonds. The van der Waals surface area contributed by atoms with Crippen molar-refractivity contribution in [1.29, 1.82) is 0 Å². The van der Waals surface area contributed by atoms with E-state index >= 15 is 0 Å². The fraction of sp³-hybridized carbons (Fsp3) is 0.273. The van der Waals surface area contributed by atoms with E-state index < -0.39 is 0 Å². The van der Waals surface area contributed by atoms with E-state index in [1.165, 1.54) is 11.3 Å². The van der Waals surface area contributed by atoms with Gasteiger partial charge < -0.3 is 24.6 Å². The average Bonchev–Trinajstić information content (AvgIpc) is 3.27. The van der Waals surface area contributed by atoms with Gasteiger partial charge in [-0.1, -0.05) is 17.7 Å². The van der Waals surface area contributed by atoms with Crippen LogP contribution in [0.25, 0.3) is 0 Å². The van der Waals surface area contributed by atoms with Gasteiger partial charge in [-0.2, -0.15) is 0 Å². The maximum absolute atomic E-state index is 12.9. The van der Waals surface area contributed by atoms with Gasteiger partial charge in [0.2, 0.25) is 0 Å². The molecule has 0 bridgehead atoms. The highest BCUT2D eigenvalue weighted by molar-refractivity contribution is 7.14. The zero-order valence-corrected chi connectivity index (χ0v) is 18.9. The Bertz CT molecular complexity index is 1070. The quantitative estimate of drug-likeness (QED) is 0.585. The molecule has 0 radical (unpaired) electrons. The number of carbonyl (C=O) groups is 1. The van der Waals surface area contributed by atoms with Crippen LogP contribution >= 0.6 is 22.9 Å². The molecule has 1 aliphatic heterocycles. The molecule has 1 N–H and O–H groups in total. The number of ether oxygens (including phenoxy) is 2. The number of methoxy groups -OCH3 is 2. The minimum absolute atomic E-state index is 0.0534. The second-order valence-corrected chi connectivity index (χ2v) is 8.29. The van der Waals surface area contributed by atoms with Gasteiger partial charge in [0.15, 0.2) is 16.6 Å². The molecule has 1 aromatic heterocycles. The number of hydrogen-bond donors (Lipinski definition) is 1. The first-order valence-corrected chi connectivity index (χ1v) is 11.1. The van der Waals surface area contributed by atoms with Crippen LogP contribution in [0.3, 0.4) is 0 Å². The van der Waals surface area contributed by atoms with Crippen molar-refractivity contribution < 1.29 is 14.3 Å². The molecule has 2 heterocycles. The Morgan fingerprint density at radius 2 is 1.84 bits per heavy atom. The number of carbonyl (C=O) groups excluding carboxylic acids is 1. The van der Waals surface area contributed by atoms with Crippen LogP contribution < -0.4 is 19.7 Å². The number of amides is 1. The highest BCUT2D eigenvalue weighted by Gasteiger charge is 2.24. The molecule has 162 valence electrons. The smallest absolute Gasteiger partial charge is 0.273 e. The van der Waals surface area contributed by atoms with Crippen molar-refractivity contribution in [1.82, 2.24) is 9.88 Å². The maximum atomic E-state index is 12.9. The number of halogens is 1. The fourth-order valence-electron chi connectivity index (χ4n) is 3.47. The number of benzene rings is 2. The van der Waals surface area contributed by atoms with E-state index in [1.807, 2.05) is 47.4 Å². The SMILES string of the molecule is COc1ccc(Nc2nc(C(=O)N3CCN(c4cccc(Cl)c4)CC3)cs2)cc1OC. The highest BCUT2D eigenvalue weighted by Crippen LogP contribution is 2.32. The van der Waals surface area contributed by atoms with Crippen LogP contribution in [0.15, 0.2) is 47.8 Å². The van der Waals surface area contributed by atoms with Gasteiger partial charge in [-0.15, -0.1) is 11.3 Å². The lowest BCUT2D eigenvalue weighted by Gasteiger charge is -2.35. The third kappa shape index (κ3) is 4.86. The van der Waals surface area contributed by atoms with E-state index in [0.717, 1.165) is 24.5 Å². The van der Waals surface area contributed by atoms with E-state index in [9.17, 15) is 4.79 Å². The van der Waals surface area contributed by atoms with Crippen molar-refractivity contribution >= 4 is 45.4 Å². The van der Waals surface area contributed by atoms with Crippen LogP contribution in [0.5, 0.6) is 11.5 Å². The molecular weight excluding hydrogens is 436 g/mol. The molecule has 31 heavy (non-hydrogen) atoms. The van der Waals surface area contributed by atoms with Gasteiger partial charge in [0.25, 0.3) is 5.91 Å². The zero-order valence-electron chi connectivity index (χ0n) is 17.3. The Morgan fingerprint density at radius 1 is 1.06 bits per heavy atom. The molecule has 9 heteroatoms. The summed E-state index contributed by atoms with van der Waals surface area (Å²) in [5, 5.41) is 6.37. The summed E-state index contributed by atoms with van der Waals surface area (Å²) in [6, 6.07) is 13.3. The number of piperazine rings is 1. The fourth-order valence-corrected chi connectivity index (χ4v) is 4.36. The molecule has 7 nitrogen and oxygen atoms in total. The van der Waals surface area contributed by atoms with Gasteiger partial charge in [0, 0.05) is 54.0 Å². The molecule has 4 rings (SSSR count). The Balaban J connectivity index is 1.37. The number of thiazole rings is 1. The van der Waals surface area contributed by atoms with E-state index in [2.05, 4.69) is 15.2 Å². The van der Waals surface area contributed by atoms with Gasteiger partial charge in [-0.3, -0.25) is 4.79 Å². The zero-order chi connectivity index (χ0) is 21.8. The van der Waals surface area contributed by atoms with E-state index in [1.54, 1.807) is 19.6 Å². The lowest BCUT2D eigenvalue weighted by atomic mass is 10.2. The number of hydrogen-bond acceptors (Lipinski definition) is 7. The third-order valence-corrected chi connectivity index (χ3v) is 6.09. The molecule has 1 fully saturated rings. The first-order chi connectivity index (χ1) is 15.1. The van der Waals surface area contributed by atoms with Crippen LogP contribution in [0, 0.1) is 0 Å². The molecule has 1 saturated heterocycles. The molecule has 1 aliphatic rings. The Morgan fingerprint density at radius 3 is 2.55 bits per heavy atom. The molecular formula is C22H23ClN4O3S. The standard InChI is InChI=1S/C22H23ClN4O3S/c1-29-19-7-6-16(13-20(19)30-2)24-22-25-18(14-31-22)21(28)27-10-8-26(9-11-27)17-5-3-4-15(23)12-17/h3-7,12-14H,8-11H2,1-2H3,(H,24,25). The minimum Gasteiger partial charge on any atom is -0.493 e. The van der Waals surface area contributed by atoms with Crippen molar-refractivity contribution in [2.45, 2.75) is 0 Å². The van der Waals surface area contributed by atoms with Crippen molar-refractivity contribution in [2.24, 2.45) is 0 Å². The minimum atomic E-state index is -0.0534. The van der Waals surface area contributed by atoms with Gasteiger partial charge in [-0.25, -0.2) is 4.98 Å².